The third kappa shape index (κ3) is 4.27. The van der Waals surface area contributed by atoms with Crippen molar-refractivity contribution in [2.75, 3.05) is 5.43 Å². The normalized spacial score (nSPS) is 8.76. The molecule has 0 fully saturated rings. The summed E-state index contributed by atoms with van der Waals surface area (Å²) >= 11 is 0. The largest absolute Gasteiger partial charge is 0.324 e. The Bertz CT molecular complexity index is 432. The number of hydrogen-bond donors (Lipinski definition) is 2. The monoisotopic (exact) mass is 270 g/mol. The van der Waals surface area contributed by atoms with Gasteiger partial charge in [-0.1, -0.05) is 48.5 Å². The molecule has 0 radical (unpaired) electrons. The zero-order valence-corrected chi connectivity index (χ0v) is 10.9. The van der Waals surface area contributed by atoms with Crippen molar-refractivity contribution in [3.63, 3.8) is 0 Å². The summed E-state index contributed by atoms with van der Waals surface area (Å²) in [4.78, 5) is 0. The molecule has 17 heavy (non-hydrogen) atoms. The molecule has 0 unspecified atom stereocenters. The van der Waals surface area contributed by atoms with Crippen LogP contribution in [-0.4, -0.2) is 0 Å². The van der Waals surface area contributed by atoms with E-state index in [1.165, 1.54) is 11.1 Å². The molecule has 2 nitrogen and oxygen atoms in total. The first-order valence-corrected chi connectivity index (χ1v) is 4.98. The summed E-state index contributed by atoms with van der Waals surface area (Å²) < 4.78 is 0. The number of rotatable bonds is 3. The van der Waals surface area contributed by atoms with E-state index in [1.54, 1.807) is 0 Å². The van der Waals surface area contributed by atoms with E-state index in [4.69, 9.17) is 5.84 Å². The highest BCUT2D eigenvalue weighted by Crippen LogP contribution is 2.17. The SMILES string of the molecule is Cl.Cl.NNc1ccccc1Cc1ccccc1. The Morgan fingerprint density at radius 3 is 2.06 bits per heavy atom. The maximum absolute atomic E-state index is 5.45. The van der Waals surface area contributed by atoms with Crippen LogP contribution in [0.25, 0.3) is 0 Å². The van der Waals surface area contributed by atoms with Gasteiger partial charge in [0.2, 0.25) is 0 Å². The lowest BCUT2D eigenvalue weighted by atomic mass is 10.0. The standard InChI is InChI=1S/C13H14N2.2ClH/c14-15-13-9-5-4-8-12(13)10-11-6-2-1-3-7-11;;/h1-9,15H,10,14H2;2*1H. The highest BCUT2D eigenvalue weighted by molar-refractivity contribution is 5.85. The quantitative estimate of drug-likeness (QED) is 0.663. The summed E-state index contributed by atoms with van der Waals surface area (Å²) in [6.07, 6.45) is 0.904. The average Bonchev–Trinajstić information content (AvgIpc) is 2.31. The van der Waals surface area contributed by atoms with Gasteiger partial charge in [0.25, 0.3) is 0 Å². The van der Waals surface area contributed by atoms with E-state index in [9.17, 15) is 0 Å². The van der Waals surface area contributed by atoms with E-state index in [0.29, 0.717) is 0 Å². The molecule has 0 saturated heterocycles. The van der Waals surface area contributed by atoms with Gasteiger partial charge in [-0.15, -0.1) is 24.8 Å². The van der Waals surface area contributed by atoms with Crippen molar-refractivity contribution in [2.24, 2.45) is 5.84 Å². The molecule has 0 spiro atoms. The zero-order chi connectivity index (χ0) is 10.5. The zero-order valence-electron chi connectivity index (χ0n) is 9.30. The molecule has 3 N–H and O–H groups in total. The van der Waals surface area contributed by atoms with Crippen LogP contribution < -0.4 is 11.3 Å². The Morgan fingerprint density at radius 2 is 1.41 bits per heavy atom. The van der Waals surface area contributed by atoms with Gasteiger partial charge in [0.15, 0.2) is 0 Å². The summed E-state index contributed by atoms with van der Waals surface area (Å²) in [7, 11) is 0. The molecule has 92 valence electrons. The van der Waals surface area contributed by atoms with Crippen LogP contribution in [0.1, 0.15) is 11.1 Å². The Labute approximate surface area is 114 Å². The molecule has 2 aromatic rings. The number of halogens is 2. The van der Waals surface area contributed by atoms with Crippen molar-refractivity contribution in [3.05, 3.63) is 65.7 Å². The molecule has 0 saturated carbocycles. The van der Waals surface area contributed by atoms with E-state index in [2.05, 4.69) is 23.6 Å². The summed E-state index contributed by atoms with van der Waals surface area (Å²) in [5.41, 5.74) is 6.21. The van der Waals surface area contributed by atoms with Gasteiger partial charge in [-0.3, -0.25) is 5.84 Å². The number of para-hydroxylation sites is 1. The maximum Gasteiger partial charge on any atom is 0.0520 e. The topological polar surface area (TPSA) is 38.0 Å². The molecular formula is C13H16Cl2N2. The summed E-state index contributed by atoms with van der Waals surface area (Å²) in [6.45, 7) is 0. The lowest BCUT2D eigenvalue weighted by Gasteiger charge is -2.08. The first-order valence-electron chi connectivity index (χ1n) is 4.98. The van der Waals surface area contributed by atoms with Crippen LogP contribution in [0.2, 0.25) is 0 Å². The maximum atomic E-state index is 5.45. The minimum atomic E-state index is 0. The van der Waals surface area contributed by atoms with E-state index in [-0.39, 0.29) is 24.8 Å². The molecule has 0 heterocycles. The van der Waals surface area contributed by atoms with Gasteiger partial charge in [-0.2, -0.15) is 0 Å². The van der Waals surface area contributed by atoms with Crippen molar-refractivity contribution in [1.82, 2.24) is 0 Å². The van der Waals surface area contributed by atoms with Gasteiger partial charge >= 0.3 is 0 Å². The van der Waals surface area contributed by atoms with Crippen LogP contribution in [0.3, 0.4) is 0 Å². The summed E-state index contributed by atoms with van der Waals surface area (Å²) in [6, 6.07) is 18.4. The van der Waals surface area contributed by atoms with Crippen molar-refractivity contribution in [1.29, 1.82) is 0 Å². The smallest absolute Gasteiger partial charge is 0.0520 e. The lowest BCUT2D eigenvalue weighted by molar-refractivity contribution is 1.17. The van der Waals surface area contributed by atoms with E-state index < -0.39 is 0 Å². The lowest BCUT2D eigenvalue weighted by Crippen LogP contribution is -2.09. The minimum Gasteiger partial charge on any atom is -0.324 e. The Morgan fingerprint density at radius 1 is 0.824 bits per heavy atom. The van der Waals surface area contributed by atoms with Crippen molar-refractivity contribution >= 4 is 30.5 Å². The second-order valence-corrected chi connectivity index (χ2v) is 3.46. The fourth-order valence-corrected chi connectivity index (χ4v) is 1.63. The number of nitrogens with two attached hydrogens (primary N) is 1. The predicted octanol–water partition coefficient (Wildman–Crippen LogP) is 3.41. The van der Waals surface area contributed by atoms with Crippen LogP contribution in [-0.2, 0) is 6.42 Å². The minimum absolute atomic E-state index is 0. The third-order valence-electron chi connectivity index (χ3n) is 2.41. The molecule has 4 heteroatoms. The van der Waals surface area contributed by atoms with Crippen LogP contribution in [0.5, 0.6) is 0 Å². The predicted molar refractivity (Wildman–Crippen MR) is 78.0 cm³/mol. The van der Waals surface area contributed by atoms with Crippen molar-refractivity contribution in [2.45, 2.75) is 6.42 Å². The first-order chi connectivity index (χ1) is 7.40. The second-order valence-electron chi connectivity index (χ2n) is 3.46. The number of nitrogen functional groups attached to an aromatic ring is 1. The Balaban J connectivity index is 0.00000128. The molecule has 0 aliphatic carbocycles. The molecule has 2 aromatic carbocycles. The molecule has 0 aliphatic rings. The molecular weight excluding hydrogens is 255 g/mol. The highest BCUT2D eigenvalue weighted by atomic mass is 35.5. The molecule has 2 rings (SSSR count). The Kier molecular flexibility index (Phi) is 7.39. The van der Waals surface area contributed by atoms with E-state index >= 15 is 0 Å². The number of hydrazine groups is 1. The van der Waals surface area contributed by atoms with Crippen LogP contribution in [0.15, 0.2) is 54.6 Å². The number of nitrogens with one attached hydrogen (secondary N) is 1. The van der Waals surface area contributed by atoms with Gasteiger partial charge in [0, 0.05) is 0 Å². The second kappa shape index (κ2) is 7.96. The van der Waals surface area contributed by atoms with Gasteiger partial charge in [-0.25, -0.2) is 0 Å². The molecule has 0 aliphatic heterocycles. The number of benzene rings is 2. The van der Waals surface area contributed by atoms with Crippen LogP contribution >= 0.6 is 24.8 Å². The van der Waals surface area contributed by atoms with Crippen molar-refractivity contribution in [3.8, 4) is 0 Å². The van der Waals surface area contributed by atoms with Crippen LogP contribution in [0, 0.1) is 0 Å². The van der Waals surface area contributed by atoms with Crippen molar-refractivity contribution < 1.29 is 0 Å². The van der Waals surface area contributed by atoms with E-state index in [0.717, 1.165) is 12.1 Å². The first kappa shape index (κ1) is 15.8. The Hall–Kier alpha value is -1.22. The molecule has 0 aromatic heterocycles. The summed E-state index contributed by atoms with van der Waals surface area (Å²) in [5, 5.41) is 0. The number of anilines is 1. The average molecular weight is 271 g/mol. The highest BCUT2D eigenvalue weighted by Gasteiger charge is 2.00. The third-order valence-corrected chi connectivity index (χ3v) is 2.41. The van der Waals surface area contributed by atoms with Gasteiger partial charge in [-0.05, 0) is 23.6 Å². The van der Waals surface area contributed by atoms with Gasteiger partial charge < -0.3 is 5.43 Å². The van der Waals surface area contributed by atoms with Gasteiger partial charge in [0.05, 0.1) is 5.69 Å². The summed E-state index contributed by atoms with van der Waals surface area (Å²) in [5.74, 6) is 5.45. The number of hydrogen-bond acceptors (Lipinski definition) is 2. The molecule has 0 atom stereocenters. The molecule has 0 amide bonds. The fourth-order valence-electron chi connectivity index (χ4n) is 1.63. The fraction of sp³-hybridized carbons (Fsp3) is 0.0769. The van der Waals surface area contributed by atoms with Gasteiger partial charge in [0.1, 0.15) is 0 Å². The van der Waals surface area contributed by atoms with E-state index in [1.807, 2.05) is 36.4 Å². The molecule has 0 bridgehead atoms. The van der Waals surface area contributed by atoms with Crippen LogP contribution in [0.4, 0.5) is 5.69 Å².